The van der Waals surface area contributed by atoms with Crippen LogP contribution in [0, 0.1) is 5.82 Å². The quantitative estimate of drug-likeness (QED) is 0.755. The third kappa shape index (κ3) is 2.02. The Kier molecular flexibility index (Phi) is 3.07. The summed E-state index contributed by atoms with van der Waals surface area (Å²) in [4.78, 5) is 10.4. The Morgan fingerprint density at radius 2 is 2.07 bits per heavy atom. The number of phenols is 1. The van der Waals surface area contributed by atoms with E-state index >= 15 is 0 Å². The Hall–Kier alpha value is -1.14. The van der Waals surface area contributed by atoms with Gasteiger partial charge in [0.05, 0.1) is 4.47 Å². The summed E-state index contributed by atoms with van der Waals surface area (Å²) in [5.41, 5.74) is -0.385. The highest BCUT2D eigenvalue weighted by Crippen LogP contribution is 2.32. The molecule has 0 radical (unpaired) electrons. The molecule has 0 saturated heterocycles. The molecule has 0 amide bonds. The zero-order valence-corrected chi connectivity index (χ0v) is 8.32. The summed E-state index contributed by atoms with van der Waals surface area (Å²) in [6.07, 6.45) is -1.94. The van der Waals surface area contributed by atoms with E-state index in [0.717, 1.165) is 12.1 Å². The lowest BCUT2D eigenvalue weighted by Crippen LogP contribution is -2.11. The van der Waals surface area contributed by atoms with Crippen LogP contribution in [0.5, 0.6) is 5.75 Å². The van der Waals surface area contributed by atoms with Gasteiger partial charge in [0.25, 0.3) is 0 Å². The predicted molar refractivity (Wildman–Crippen MR) is 48.4 cm³/mol. The minimum atomic E-state index is -1.94. The lowest BCUT2D eigenvalue weighted by molar-refractivity contribution is -0.147. The van der Waals surface area contributed by atoms with Crippen molar-refractivity contribution in [2.24, 2.45) is 0 Å². The maximum absolute atomic E-state index is 12.8. The lowest BCUT2D eigenvalue weighted by atomic mass is 10.1. The highest BCUT2D eigenvalue weighted by molar-refractivity contribution is 9.10. The monoisotopic (exact) mass is 264 g/mol. The van der Waals surface area contributed by atoms with Gasteiger partial charge in [-0.2, -0.15) is 0 Å². The van der Waals surface area contributed by atoms with E-state index in [4.69, 9.17) is 10.2 Å². The average Bonchev–Trinajstić information content (AvgIpc) is 2.09. The number of aliphatic carboxylic acids is 1. The van der Waals surface area contributed by atoms with Gasteiger partial charge in [0.2, 0.25) is 0 Å². The van der Waals surface area contributed by atoms with Crippen molar-refractivity contribution < 1.29 is 24.5 Å². The SMILES string of the molecule is O=C(O)C(O)c1cc(F)cc(Br)c1O. The van der Waals surface area contributed by atoms with E-state index in [2.05, 4.69) is 15.9 Å². The van der Waals surface area contributed by atoms with Crippen LogP contribution in [0.2, 0.25) is 0 Å². The molecule has 6 heteroatoms. The Labute approximate surface area is 86.7 Å². The van der Waals surface area contributed by atoms with Gasteiger partial charge in [-0.3, -0.25) is 0 Å². The molecule has 1 atom stereocenters. The van der Waals surface area contributed by atoms with E-state index in [1.165, 1.54) is 0 Å². The van der Waals surface area contributed by atoms with Crippen molar-refractivity contribution in [1.29, 1.82) is 0 Å². The minimum absolute atomic E-state index is 0.00667. The second kappa shape index (κ2) is 3.93. The topological polar surface area (TPSA) is 77.8 Å². The molecule has 1 aromatic carbocycles. The summed E-state index contributed by atoms with van der Waals surface area (Å²) in [6.45, 7) is 0. The molecule has 1 unspecified atom stereocenters. The number of carbonyl (C=O) groups is 1. The number of phenolic OH excluding ortho intramolecular Hbond substituents is 1. The molecule has 1 aromatic rings. The van der Waals surface area contributed by atoms with Crippen LogP contribution in [0.4, 0.5) is 4.39 Å². The van der Waals surface area contributed by atoms with E-state index in [0.29, 0.717) is 0 Å². The second-order valence-corrected chi connectivity index (χ2v) is 3.42. The number of benzene rings is 1. The molecule has 0 saturated carbocycles. The van der Waals surface area contributed by atoms with Crippen molar-refractivity contribution in [2.75, 3.05) is 0 Å². The summed E-state index contributed by atoms with van der Waals surface area (Å²) < 4.78 is 12.8. The molecule has 0 aromatic heterocycles. The molecular weight excluding hydrogens is 259 g/mol. The van der Waals surface area contributed by atoms with E-state index in [9.17, 15) is 14.3 Å². The molecule has 1 rings (SSSR count). The molecule has 0 aliphatic heterocycles. The molecule has 0 spiro atoms. The van der Waals surface area contributed by atoms with Crippen molar-refractivity contribution in [2.45, 2.75) is 6.10 Å². The maximum atomic E-state index is 12.8. The third-order valence-corrected chi connectivity index (χ3v) is 2.19. The molecule has 0 fully saturated rings. The predicted octanol–water partition coefficient (Wildman–Crippen LogP) is 1.41. The maximum Gasteiger partial charge on any atom is 0.337 e. The number of aliphatic hydroxyl groups excluding tert-OH is 1. The Morgan fingerprint density at radius 3 is 2.57 bits per heavy atom. The fourth-order valence-corrected chi connectivity index (χ4v) is 1.37. The number of carboxylic acid groups (broad SMARTS) is 1. The largest absolute Gasteiger partial charge is 0.506 e. The molecular formula is C8H6BrFO4. The first-order chi connectivity index (χ1) is 6.43. The van der Waals surface area contributed by atoms with Gasteiger partial charge in [-0.1, -0.05) is 0 Å². The zero-order valence-electron chi connectivity index (χ0n) is 6.74. The van der Waals surface area contributed by atoms with Gasteiger partial charge >= 0.3 is 5.97 Å². The molecule has 4 nitrogen and oxygen atoms in total. The second-order valence-electron chi connectivity index (χ2n) is 2.57. The third-order valence-electron chi connectivity index (χ3n) is 1.59. The van der Waals surface area contributed by atoms with E-state index in [1.54, 1.807) is 0 Å². The van der Waals surface area contributed by atoms with E-state index in [-0.39, 0.29) is 10.0 Å². The van der Waals surface area contributed by atoms with Crippen LogP contribution in [-0.4, -0.2) is 21.3 Å². The first kappa shape index (κ1) is 10.9. The summed E-state index contributed by atoms with van der Waals surface area (Å²) in [5, 5.41) is 26.8. The zero-order chi connectivity index (χ0) is 10.9. The van der Waals surface area contributed by atoms with Crippen LogP contribution in [-0.2, 0) is 4.79 Å². The number of hydrogen-bond acceptors (Lipinski definition) is 3. The minimum Gasteiger partial charge on any atom is -0.506 e. The fraction of sp³-hybridized carbons (Fsp3) is 0.125. The smallest absolute Gasteiger partial charge is 0.337 e. The summed E-state index contributed by atoms with van der Waals surface area (Å²) in [6, 6.07) is 1.73. The van der Waals surface area contributed by atoms with Gasteiger partial charge in [-0.15, -0.1) is 0 Å². The van der Waals surface area contributed by atoms with Crippen molar-refractivity contribution in [3.05, 3.63) is 28.0 Å². The summed E-state index contributed by atoms with van der Waals surface area (Å²) in [7, 11) is 0. The molecule has 0 bridgehead atoms. The highest BCUT2D eigenvalue weighted by atomic mass is 79.9. The molecule has 14 heavy (non-hydrogen) atoms. The Bertz CT molecular complexity index is 380. The number of halogens is 2. The standard InChI is InChI=1S/C8H6BrFO4/c9-5-2-3(10)1-4(6(5)11)7(12)8(13)14/h1-2,7,11-12H,(H,13,14). The normalized spacial score (nSPS) is 12.5. The van der Waals surface area contributed by atoms with Crippen molar-refractivity contribution >= 4 is 21.9 Å². The number of aromatic hydroxyl groups is 1. The average molecular weight is 265 g/mol. The molecule has 0 heterocycles. The molecule has 0 aliphatic rings. The van der Waals surface area contributed by atoms with Gasteiger partial charge in [0.1, 0.15) is 11.6 Å². The van der Waals surface area contributed by atoms with Gasteiger partial charge in [0, 0.05) is 5.56 Å². The molecule has 3 N–H and O–H groups in total. The van der Waals surface area contributed by atoms with E-state index in [1.807, 2.05) is 0 Å². The van der Waals surface area contributed by atoms with Crippen molar-refractivity contribution in [3.8, 4) is 5.75 Å². The molecule has 76 valence electrons. The summed E-state index contributed by atoms with van der Waals surface area (Å²) in [5.74, 6) is -2.79. The van der Waals surface area contributed by atoms with Crippen LogP contribution >= 0.6 is 15.9 Å². The van der Waals surface area contributed by atoms with Gasteiger partial charge < -0.3 is 15.3 Å². The van der Waals surface area contributed by atoms with Crippen molar-refractivity contribution in [1.82, 2.24) is 0 Å². The van der Waals surface area contributed by atoms with Crippen LogP contribution in [0.15, 0.2) is 16.6 Å². The van der Waals surface area contributed by atoms with Gasteiger partial charge in [-0.25, -0.2) is 9.18 Å². The van der Waals surface area contributed by atoms with Gasteiger partial charge in [-0.05, 0) is 28.1 Å². The van der Waals surface area contributed by atoms with Gasteiger partial charge in [0.15, 0.2) is 6.10 Å². The number of rotatable bonds is 2. The van der Waals surface area contributed by atoms with Crippen LogP contribution in [0.25, 0.3) is 0 Å². The van der Waals surface area contributed by atoms with E-state index < -0.39 is 23.6 Å². The Balaban J connectivity index is 3.26. The number of carboxylic acids is 1. The fourth-order valence-electron chi connectivity index (χ4n) is 0.927. The van der Waals surface area contributed by atoms with Crippen LogP contribution in [0.1, 0.15) is 11.7 Å². The van der Waals surface area contributed by atoms with Crippen LogP contribution < -0.4 is 0 Å². The Morgan fingerprint density at radius 1 is 1.50 bits per heavy atom. The first-order valence-electron chi connectivity index (χ1n) is 3.52. The van der Waals surface area contributed by atoms with Crippen LogP contribution in [0.3, 0.4) is 0 Å². The van der Waals surface area contributed by atoms with Crippen molar-refractivity contribution in [3.63, 3.8) is 0 Å². The summed E-state index contributed by atoms with van der Waals surface area (Å²) >= 11 is 2.82. The molecule has 0 aliphatic carbocycles. The first-order valence-corrected chi connectivity index (χ1v) is 4.31. The lowest BCUT2D eigenvalue weighted by Gasteiger charge is -2.09. The number of hydrogen-bond donors (Lipinski definition) is 3. The highest BCUT2D eigenvalue weighted by Gasteiger charge is 2.22. The number of aliphatic hydroxyl groups is 1.